The Kier molecular flexibility index (Phi) is 5.42. The third kappa shape index (κ3) is 3.65. The summed E-state index contributed by atoms with van der Waals surface area (Å²) in [4.78, 5) is 11.1. The van der Waals surface area contributed by atoms with E-state index in [0.29, 0.717) is 13.2 Å². The molecule has 0 saturated heterocycles. The SMILES string of the molecule is Cc1cc(C)c(C2=NOCC2C(C)(O)C2CON=C2c2c(C)cc(C)cc2C)c(C)c1. The minimum atomic E-state index is -1.14. The van der Waals surface area contributed by atoms with E-state index in [1.807, 2.05) is 6.92 Å². The van der Waals surface area contributed by atoms with Crippen molar-refractivity contribution in [3.63, 3.8) is 0 Å². The van der Waals surface area contributed by atoms with Crippen LogP contribution in [0.4, 0.5) is 0 Å². The van der Waals surface area contributed by atoms with Crippen LogP contribution in [0.2, 0.25) is 0 Å². The topological polar surface area (TPSA) is 63.4 Å². The van der Waals surface area contributed by atoms with E-state index in [1.165, 1.54) is 11.1 Å². The summed E-state index contributed by atoms with van der Waals surface area (Å²) in [5.74, 6) is -0.564. The molecule has 5 heteroatoms. The molecule has 4 rings (SSSR count). The van der Waals surface area contributed by atoms with E-state index in [0.717, 1.165) is 44.8 Å². The van der Waals surface area contributed by atoms with Gasteiger partial charge in [-0.1, -0.05) is 45.7 Å². The first-order valence-corrected chi connectivity index (χ1v) is 10.9. The predicted octanol–water partition coefficient (Wildman–Crippen LogP) is 4.69. The summed E-state index contributed by atoms with van der Waals surface area (Å²) in [6.07, 6.45) is 0. The summed E-state index contributed by atoms with van der Waals surface area (Å²) >= 11 is 0. The van der Waals surface area contributed by atoms with Crippen LogP contribution in [-0.4, -0.2) is 35.3 Å². The molecule has 0 fully saturated rings. The first-order chi connectivity index (χ1) is 14.6. The monoisotopic (exact) mass is 420 g/mol. The number of oxime groups is 2. The van der Waals surface area contributed by atoms with E-state index in [1.54, 1.807) is 0 Å². The maximum atomic E-state index is 11.9. The van der Waals surface area contributed by atoms with Crippen molar-refractivity contribution in [1.29, 1.82) is 0 Å². The predicted molar refractivity (Wildman–Crippen MR) is 124 cm³/mol. The maximum Gasteiger partial charge on any atom is 0.128 e. The summed E-state index contributed by atoms with van der Waals surface area (Å²) < 4.78 is 0. The third-order valence-corrected chi connectivity index (χ3v) is 6.75. The largest absolute Gasteiger partial charge is 0.395 e. The molecule has 5 nitrogen and oxygen atoms in total. The van der Waals surface area contributed by atoms with Gasteiger partial charge in [-0.15, -0.1) is 0 Å². The number of aliphatic hydroxyl groups is 1. The van der Waals surface area contributed by atoms with Gasteiger partial charge in [0.05, 0.1) is 28.9 Å². The summed E-state index contributed by atoms with van der Waals surface area (Å²) in [5.41, 5.74) is 9.60. The zero-order valence-electron chi connectivity index (χ0n) is 19.5. The highest BCUT2D eigenvalue weighted by Crippen LogP contribution is 2.39. The van der Waals surface area contributed by atoms with Crippen LogP contribution in [0, 0.1) is 53.4 Å². The first-order valence-electron chi connectivity index (χ1n) is 10.9. The van der Waals surface area contributed by atoms with Crippen molar-refractivity contribution >= 4 is 11.4 Å². The molecule has 2 heterocycles. The van der Waals surface area contributed by atoms with E-state index in [9.17, 15) is 5.11 Å². The minimum Gasteiger partial charge on any atom is -0.395 e. The molecule has 0 aliphatic carbocycles. The molecule has 2 unspecified atom stereocenters. The Morgan fingerprint density at radius 2 is 1.03 bits per heavy atom. The fourth-order valence-corrected chi connectivity index (χ4v) is 5.39. The van der Waals surface area contributed by atoms with Gasteiger partial charge in [-0.05, 0) is 70.7 Å². The number of benzene rings is 2. The Morgan fingerprint density at radius 3 is 1.35 bits per heavy atom. The third-order valence-electron chi connectivity index (χ3n) is 6.75. The van der Waals surface area contributed by atoms with Crippen molar-refractivity contribution < 1.29 is 14.8 Å². The lowest BCUT2D eigenvalue weighted by Crippen LogP contribution is -2.50. The molecule has 2 atom stereocenters. The number of hydrogen-bond donors (Lipinski definition) is 1. The lowest BCUT2D eigenvalue weighted by atomic mass is 9.71. The van der Waals surface area contributed by atoms with Crippen molar-refractivity contribution in [2.75, 3.05) is 13.2 Å². The molecule has 2 aliphatic rings. The average Bonchev–Trinajstić information content (AvgIpc) is 3.30. The molecular formula is C26H32N2O3. The zero-order chi connectivity index (χ0) is 22.5. The average molecular weight is 421 g/mol. The standard InChI is InChI=1S/C26H32N2O3/c1-14-8-16(3)22(17(4)9-14)24-20(12-30-27-24)26(7,29)21-13-31-28-25(21)23-18(5)10-15(2)11-19(23)6/h8-11,20-21,29H,12-13H2,1-7H3. The zero-order valence-corrected chi connectivity index (χ0v) is 19.5. The Balaban J connectivity index is 1.73. The Hall–Kier alpha value is -2.66. The molecular weight excluding hydrogens is 388 g/mol. The van der Waals surface area contributed by atoms with Gasteiger partial charge in [-0.25, -0.2) is 0 Å². The van der Waals surface area contributed by atoms with Gasteiger partial charge in [-0.3, -0.25) is 0 Å². The van der Waals surface area contributed by atoms with E-state index < -0.39 is 5.60 Å². The van der Waals surface area contributed by atoms with Gasteiger partial charge in [0.1, 0.15) is 13.2 Å². The quantitative estimate of drug-likeness (QED) is 0.780. The molecule has 0 radical (unpaired) electrons. The summed E-state index contributed by atoms with van der Waals surface area (Å²) in [7, 11) is 0. The number of hydrogen-bond acceptors (Lipinski definition) is 5. The highest BCUT2D eigenvalue weighted by Gasteiger charge is 2.50. The molecule has 31 heavy (non-hydrogen) atoms. The number of rotatable bonds is 4. The lowest BCUT2D eigenvalue weighted by molar-refractivity contribution is -0.0383. The van der Waals surface area contributed by atoms with Gasteiger partial charge < -0.3 is 14.8 Å². The van der Waals surface area contributed by atoms with E-state index in [-0.39, 0.29) is 11.8 Å². The van der Waals surface area contributed by atoms with Crippen molar-refractivity contribution in [2.45, 2.75) is 54.1 Å². The van der Waals surface area contributed by atoms with Crippen LogP contribution in [0.1, 0.15) is 51.4 Å². The van der Waals surface area contributed by atoms with Gasteiger partial charge in [0.25, 0.3) is 0 Å². The van der Waals surface area contributed by atoms with E-state index in [4.69, 9.17) is 9.68 Å². The van der Waals surface area contributed by atoms with Crippen LogP contribution in [0.25, 0.3) is 0 Å². The minimum absolute atomic E-state index is 0.282. The second-order valence-corrected chi connectivity index (χ2v) is 9.42. The van der Waals surface area contributed by atoms with Gasteiger partial charge >= 0.3 is 0 Å². The fourth-order valence-electron chi connectivity index (χ4n) is 5.39. The normalized spacial score (nSPS) is 22.5. The smallest absolute Gasteiger partial charge is 0.128 e. The Labute approximate surface area is 184 Å². The van der Waals surface area contributed by atoms with Crippen LogP contribution >= 0.6 is 0 Å². The summed E-state index contributed by atoms with van der Waals surface area (Å²) in [6.45, 7) is 15.1. The van der Waals surface area contributed by atoms with Crippen LogP contribution in [0.3, 0.4) is 0 Å². The second kappa shape index (κ2) is 7.79. The van der Waals surface area contributed by atoms with Crippen LogP contribution in [0.5, 0.6) is 0 Å². The van der Waals surface area contributed by atoms with Crippen LogP contribution in [-0.2, 0) is 9.68 Å². The van der Waals surface area contributed by atoms with Crippen molar-refractivity contribution in [2.24, 2.45) is 22.1 Å². The summed E-state index contributed by atoms with van der Waals surface area (Å²) in [6, 6.07) is 8.61. The lowest BCUT2D eigenvalue weighted by Gasteiger charge is -2.35. The molecule has 2 aliphatic heterocycles. The number of nitrogens with zero attached hydrogens (tertiary/aromatic N) is 2. The maximum absolute atomic E-state index is 11.9. The highest BCUT2D eigenvalue weighted by atomic mass is 16.6. The molecule has 2 aromatic carbocycles. The molecule has 164 valence electrons. The number of aryl methyl sites for hydroxylation is 6. The van der Waals surface area contributed by atoms with Gasteiger partial charge in [-0.2, -0.15) is 0 Å². The molecule has 0 spiro atoms. The molecule has 2 aromatic rings. The highest BCUT2D eigenvalue weighted by molar-refractivity contribution is 6.08. The van der Waals surface area contributed by atoms with Crippen molar-refractivity contribution in [3.8, 4) is 0 Å². The van der Waals surface area contributed by atoms with E-state index in [2.05, 4.69) is 76.1 Å². The summed E-state index contributed by atoms with van der Waals surface area (Å²) in [5, 5.41) is 20.7. The molecule has 1 N–H and O–H groups in total. The Morgan fingerprint density at radius 1 is 0.710 bits per heavy atom. The molecule has 0 bridgehead atoms. The molecule has 0 amide bonds. The van der Waals surface area contributed by atoms with Gasteiger partial charge in [0.2, 0.25) is 0 Å². The Bertz CT molecular complexity index is 966. The van der Waals surface area contributed by atoms with Gasteiger partial charge in [0, 0.05) is 11.1 Å². The molecule has 0 aromatic heterocycles. The van der Waals surface area contributed by atoms with Gasteiger partial charge in [0.15, 0.2) is 0 Å². The van der Waals surface area contributed by atoms with E-state index >= 15 is 0 Å². The fraction of sp³-hybridized carbons (Fsp3) is 0.462. The first kappa shape index (κ1) is 21.6. The van der Waals surface area contributed by atoms with Crippen molar-refractivity contribution in [1.82, 2.24) is 0 Å². The van der Waals surface area contributed by atoms with Crippen molar-refractivity contribution in [3.05, 3.63) is 68.8 Å². The van der Waals surface area contributed by atoms with Crippen LogP contribution < -0.4 is 0 Å². The second-order valence-electron chi connectivity index (χ2n) is 9.42. The molecule has 0 saturated carbocycles. The van der Waals surface area contributed by atoms with Crippen LogP contribution in [0.15, 0.2) is 34.6 Å².